The first-order chi connectivity index (χ1) is 13.1. The first-order valence-corrected chi connectivity index (χ1v) is 9.82. The van der Waals surface area contributed by atoms with E-state index in [4.69, 9.17) is 0 Å². The molecule has 2 N–H and O–H groups in total. The summed E-state index contributed by atoms with van der Waals surface area (Å²) in [5.41, 5.74) is 2.40. The number of nitrogens with one attached hydrogen (secondary N) is 2. The Hall–Kier alpha value is -2.74. The van der Waals surface area contributed by atoms with Crippen LogP contribution in [-0.4, -0.2) is 40.8 Å². The van der Waals surface area contributed by atoms with Gasteiger partial charge in [0, 0.05) is 17.8 Å². The second-order valence-electron chi connectivity index (χ2n) is 6.81. The summed E-state index contributed by atoms with van der Waals surface area (Å²) < 4.78 is 0. The topological polar surface area (TPSA) is 91.4 Å². The number of hydrogen-bond donors (Lipinski definition) is 2. The number of benzene rings is 1. The Labute approximate surface area is 160 Å². The molecule has 4 amide bonds. The molecule has 0 bridgehead atoms. The zero-order valence-corrected chi connectivity index (χ0v) is 15.6. The highest BCUT2D eigenvalue weighted by molar-refractivity contribution is 7.15. The molecule has 2 aromatic rings. The van der Waals surface area contributed by atoms with Gasteiger partial charge in [-0.25, -0.2) is 9.78 Å². The van der Waals surface area contributed by atoms with Gasteiger partial charge in [-0.15, -0.1) is 11.3 Å². The number of imide groups is 1. The Morgan fingerprint density at radius 3 is 2.85 bits per heavy atom. The molecule has 2 heterocycles. The molecule has 1 atom stereocenters. The highest BCUT2D eigenvalue weighted by atomic mass is 32.1. The van der Waals surface area contributed by atoms with Gasteiger partial charge in [-0.05, 0) is 30.7 Å². The third-order valence-corrected chi connectivity index (χ3v) is 5.97. The highest BCUT2D eigenvalue weighted by Crippen LogP contribution is 2.36. The van der Waals surface area contributed by atoms with Crippen LogP contribution in [-0.2, 0) is 22.4 Å². The number of carbonyl (C=O) groups is 3. The average molecular weight is 384 g/mol. The van der Waals surface area contributed by atoms with Gasteiger partial charge in [0.05, 0.1) is 5.69 Å². The van der Waals surface area contributed by atoms with Crippen molar-refractivity contribution in [3.63, 3.8) is 0 Å². The van der Waals surface area contributed by atoms with Crippen LogP contribution in [0.2, 0.25) is 0 Å². The number of hydrogen-bond acceptors (Lipinski definition) is 5. The molecule has 1 aromatic carbocycles. The second-order valence-corrected chi connectivity index (χ2v) is 7.90. The maximum absolute atomic E-state index is 12.3. The van der Waals surface area contributed by atoms with Gasteiger partial charge in [0.15, 0.2) is 5.13 Å². The quantitative estimate of drug-likeness (QED) is 0.846. The Bertz CT molecular complexity index is 880. The zero-order valence-electron chi connectivity index (χ0n) is 14.7. The molecular weight excluding hydrogens is 364 g/mol. The molecule has 7 nitrogen and oxygen atoms in total. The predicted octanol–water partition coefficient (Wildman–Crippen LogP) is 2.30. The number of carbonyl (C=O) groups excluding carboxylic acids is 3. The van der Waals surface area contributed by atoms with E-state index in [2.05, 4.69) is 39.9 Å². The zero-order chi connectivity index (χ0) is 18.8. The number of thiazole rings is 1. The first kappa shape index (κ1) is 17.7. The van der Waals surface area contributed by atoms with E-state index in [9.17, 15) is 14.4 Å². The van der Waals surface area contributed by atoms with Gasteiger partial charge in [0.25, 0.3) is 0 Å². The molecule has 0 unspecified atom stereocenters. The smallest absolute Gasteiger partial charge is 0.315 e. The standard InChI is InChI=1S/C19H20N4O3S/c24-16-8-9-23(19(26)22-16)11-17(25)21-18-20-14-7-6-13(10-15(14)27-18)12-4-2-1-3-5-12/h1-5,13H,6-11H2,(H,20,21,25)(H,22,24,26)/t13-/m1/s1. The lowest BCUT2D eigenvalue weighted by atomic mass is 9.85. The van der Waals surface area contributed by atoms with Gasteiger partial charge in [-0.1, -0.05) is 30.3 Å². The van der Waals surface area contributed by atoms with E-state index in [1.165, 1.54) is 26.7 Å². The molecule has 0 saturated carbocycles. The van der Waals surface area contributed by atoms with Gasteiger partial charge >= 0.3 is 6.03 Å². The molecule has 0 radical (unpaired) electrons. The van der Waals surface area contributed by atoms with Crippen molar-refractivity contribution < 1.29 is 14.4 Å². The van der Waals surface area contributed by atoms with Crippen LogP contribution in [0.1, 0.15) is 34.9 Å². The molecule has 1 aromatic heterocycles. The monoisotopic (exact) mass is 384 g/mol. The van der Waals surface area contributed by atoms with Crippen molar-refractivity contribution in [3.05, 3.63) is 46.5 Å². The van der Waals surface area contributed by atoms with Crippen LogP contribution < -0.4 is 10.6 Å². The fourth-order valence-corrected chi connectivity index (χ4v) is 4.62. The molecule has 1 aliphatic heterocycles. The summed E-state index contributed by atoms with van der Waals surface area (Å²) in [5.74, 6) is -0.125. The molecule has 8 heteroatoms. The minimum atomic E-state index is -0.523. The normalized spacial score (nSPS) is 19.4. The molecule has 0 spiro atoms. The van der Waals surface area contributed by atoms with E-state index in [0.29, 0.717) is 11.0 Å². The first-order valence-electron chi connectivity index (χ1n) is 9.00. The van der Waals surface area contributed by atoms with Crippen LogP contribution in [0.25, 0.3) is 0 Å². The molecule has 1 aliphatic carbocycles. The van der Waals surface area contributed by atoms with Crippen LogP contribution in [0, 0.1) is 0 Å². The Balaban J connectivity index is 1.37. The van der Waals surface area contributed by atoms with Crippen molar-refractivity contribution in [1.82, 2.24) is 15.2 Å². The highest BCUT2D eigenvalue weighted by Gasteiger charge is 2.26. The largest absolute Gasteiger partial charge is 0.324 e. The summed E-state index contributed by atoms with van der Waals surface area (Å²) in [6, 6.07) is 9.95. The van der Waals surface area contributed by atoms with Crippen molar-refractivity contribution in [2.75, 3.05) is 18.4 Å². The fraction of sp³-hybridized carbons (Fsp3) is 0.368. The lowest BCUT2D eigenvalue weighted by Gasteiger charge is -2.25. The molecular formula is C19H20N4O3S. The maximum atomic E-state index is 12.3. The van der Waals surface area contributed by atoms with E-state index in [1.807, 2.05) is 6.07 Å². The maximum Gasteiger partial charge on any atom is 0.324 e. The van der Waals surface area contributed by atoms with E-state index >= 15 is 0 Å². The third-order valence-electron chi connectivity index (χ3n) is 4.93. The summed E-state index contributed by atoms with van der Waals surface area (Å²) in [5, 5.41) is 5.58. The molecule has 2 aliphatic rings. The van der Waals surface area contributed by atoms with E-state index < -0.39 is 6.03 Å². The summed E-state index contributed by atoms with van der Waals surface area (Å²) in [7, 11) is 0. The van der Waals surface area contributed by atoms with E-state index in [1.54, 1.807) is 0 Å². The van der Waals surface area contributed by atoms with Crippen LogP contribution in [0.3, 0.4) is 0 Å². The number of nitrogens with zero attached hydrogens (tertiary/aromatic N) is 2. The fourth-order valence-electron chi connectivity index (χ4n) is 3.52. The molecule has 27 heavy (non-hydrogen) atoms. The van der Waals surface area contributed by atoms with Crippen molar-refractivity contribution in [1.29, 1.82) is 0 Å². The third kappa shape index (κ3) is 4.00. The van der Waals surface area contributed by atoms with Gasteiger partial charge in [0.1, 0.15) is 6.54 Å². The van der Waals surface area contributed by atoms with E-state index in [0.717, 1.165) is 25.0 Å². The van der Waals surface area contributed by atoms with Crippen molar-refractivity contribution >= 4 is 34.3 Å². The number of urea groups is 1. The molecule has 140 valence electrons. The Morgan fingerprint density at radius 2 is 2.07 bits per heavy atom. The van der Waals surface area contributed by atoms with E-state index in [-0.39, 0.29) is 31.3 Å². The summed E-state index contributed by atoms with van der Waals surface area (Å²) >= 11 is 1.51. The molecule has 1 fully saturated rings. The van der Waals surface area contributed by atoms with Crippen LogP contribution in [0.4, 0.5) is 9.93 Å². The summed E-state index contributed by atoms with van der Waals surface area (Å²) in [6.07, 6.45) is 3.10. The Kier molecular flexibility index (Phi) is 4.89. The number of amides is 4. The number of aromatic nitrogens is 1. The number of rotatable bonds is 4. The minimum absolute atomic E-state index is 0.0873. The number of fused-ring (bicyclic) bond motifs is 1. The summed E-state index contributed by atoms with van der Waals surface area (Å²) in [4.78, 5) is 42.2. The summed E-state index contributed by atoms with van der Waals surface area (Å²) in [6.45, 7) is 0.168. The van der Waals surface area contributed by atoms with Crippen LogP contribution >= 0.6 is 11.3 Å². The lowest BCUT2D eigenvalue weighted by molar-refractivity contribution is -0.123. The van der Waals surface area contributed by atoms with Crippen LogP contribution in [0.5, 0.6) is 0 Å². The number of aryl methyl sites for hydroxylation is 1. The number of anilines is 1. The SMILES string of the molecule is O=C1CCN(CC(=O)Nc2nc3c(s2)C[C@H](c2ccccc2)CC3)C(=O)N1. The molecule has 1 saturated heterocycles. The second kappa shape index (κ2) is 7.48. The van der Waals surface area contributed by atoms with Gasteiger partial charge in [0.2, 0.25) is 11.8 Å². The molecule has 4 rings (SSSR count). The minimum Gasteiger partial charge on any atom is -0.315 e. The van der Waals surface area contributed by atoms with Gasteiger partial charge in [-0.2, -0.15) is 0 Å². The van der Waals surface area contributed by atoms with Crippen molar-refractivity contribution in [2.24, 2.45) is 0 Å². The van der Waals surface area contributed by atoms with Crippen LogP contribution in [0.15, 0.2) is 30.3 Å². The Morgan fingerprint density at radius 1 is 1.26 bits per heavy atom. The average Bonchev–Trinajstić information content (AvgIpc) is 3.06. The van der Waals surface area contributed by atoms with Gasteiger partial charge < -0.3 is 10.2 Å². The lowest BCUT2D eigenvalue weighted by Crippen LogP contribution is -2.51. The van der Waals surface area contributed by atoms with Crippen molar-refractivity contribution in [2.45, 2.75) is 31.6 Å². The van der Waals surface area contributed by atoms with Gasteiger partial charge in [-0.3, -0.25) is 14.9 Å². The van der Waals surface area contributed by atoms with Crippen molar-refractivity contribution in [3.8, 4) is 0 Å². The predicted molar refractivity (Wildman–Crippen MR) is 102 cm³/mol.